The van der Waals surface area contributed by atoms with E-state index < -0.39 is 0 Å². The number of allylic oxidation sites excluding steroid dienone is 1. The van der Waals surface area contributed by atoms with Gasteiger partial charge in [0.1, 0.15) is 0 Å². The van der Waals surface area contributed by atoms with Gasteiger partial charge in [0.15, 0.2) is 0 Å². The maximum Gasteiger partial charge on any atom is 5.00 e. The van der Waals surface area contributed by atoms with Crippen LogP contribution < -0.4 is 0 Å². The Morgan fingerprint density at radius 1 is 0.893 bits per heavy atom. The van der Waals surface area contributed by atoms with Crippen molar-refractivity contribution in [3.8, 4) is 5.75 Å². The minimum Gasteiger partial charge on any atom is -0.533 e. The Morgan fingerprint density at radius 3 is 1.61 bits per heavy atom. The van der Waals surface area contributed by atoms with Crippen LogP contribution in [0, 0.1) is 34.4 Å². The summed E-state index contributed by atoms with van der Waals surface area (Å²) in [5, 5.41) is 9.47. The smallest absolute Gasteiger partial charge is 0.533 e. The van der Waals surface area contributed by atoms with Crippen molar-refractivity contribution in [2.45, 2.75) is 39.5 Å². The quantitative estimate of drug-likeness (QED) is 0.378. The van der Waals surface area contributed by atoms with Gasteiger partial charge in [-0.15, -0.1) is 12.1 Å². The molecule has 0 fully saturated rings. The molecule has 28 heavy (non-hydrogen) atoms. The summed E-state index contributed by atoms with van der Waals surface area (Å²) in [6.07, 6.45) is 5.76. The molecule has 0 bridgehead atoms. The van der Waals surface area contributed by atoms with E-state index in [1.54, 1.807) is 18.3 Å². The molecular formula is C25H36NORu. The number of aromatic hydroxyl groups is 1. The Labute approximate surface area is 187 Å². The Hall–Kier alpha value is -1.73. The van der Waals surface area contributed by atoms with E-state index in [9.17, 15) is 5.11 Å². The summed E-state index contributed by atoms with van der Waals surface area (Å²) in [4.78, 5) is 3.85. The first kappa shape index (κ1) is 33.8. The van der Waals surface area contributed by atoms with E-state index in [1.807, 2.05) is 42.5 Å². The fraction of sp³-hybridized carbons (Fsp3) is 0.280. The average Bonchev–Trinajstić information content (AvgIpc) is 3.16. The van der Waals surface area contributed by atoms with Gasteiger partial charge in [-0.25, -0.2) is 0 Å². The average molecular weight is 468 g/mol. The first-order valence-corrected chi connectivity index (χ1v) is 8.33. The maximum absolute atomic E-state index is 9.47. The molecule has 1 radical (unpaired) electrons. The van der Waals surface area contributed by atoms with Crippen LogP contribution in [0.1, 0.15) is 50.7 Å². The number of rotatable bonds is 2. The van der Waals surface area contributed by atoms with Crippen LogP contribution >= 0.6 is 0 Å². The van der Waals surface area contributed by atoms with Gasteiger partial charge >= 0.3 is 19.5 Å². The Bertz CT molecular complexity index is 571. The van der Waals surface area contributed by atoms with Gasteiger partial charge in [0.25, 0.3) is 0 Å². The molecule has 2 aromatic rings. The molecule has 1 aliphatic heterocycles. The number of phenols is 1. The molecule has 0 atom stereocenters. The van der Waals surface area contributed by atoms with Crippen LogP contribution in [0.2, 0.25) is 0 Å². The number of phenolic OH excluding ortho intramolecular Hbond substituents is 1. The number of hydrogen-bond acceptors (Lipinski definition) is 2. The van der Waals surface area contributed by atoms with E-state index in [2.05, 4.69) is 44.8 Å². The second-order valence-electron chi connectivity index (χ2n) is 6.08. The van der Waals surface area contributed by atoms with Crippen LogP contribution in [-0.4, -0.2) is 17.9 Å². The summed E-state index contributed by atoms with van der Waals surface area (Å²) in [7, 11) is 0. The van der Waals surface area contributed by atoms with Gasteiger partial charge in [0.05, 0.1) is 6.54 Å². The summed E-state index contributed by atoms with van der Waals surface area (Å²) in [6, 6.07) is 19.4. The van der Waals surface area contributed by atoms with Crippen molar-refractivity contribution in [3.63, 3.8) is 0 Å². The molecule has 0 aromatic heterocycles. The molecule has 0 saturated carbocycles. The summed E-state index contributed by atoms with van der Waals surface area (Å²) < 4.78 is 0. The molecule has 2 aromatic carbocycles. The van der Waals surface area contributed by atoms with Crippen LogP contribution in [0.25, 0.3) is 0 Å². The van der Waals surface area contributed by atoms with E-state index in [4.69, 9.17) is 0 Å². The Morgan fingerprint density at radius 2 is 1.39 bits per heavy atom. The monoisotopic (exact) mass is 468 g/mol. The fourth-order valence-electron chi connectivity index (χ4n) is 1.87. The van der Waals surface area contributed by atoms with Gasteiger partial charge in [-0.3, -0.25) is 4.99 Å². The molecule has 1 aliphatic rings. The molecule has 0 amide bonds. The Kier molecular flexibility index (Phi) is 24.2. The largest absolute Gasteiger partial charge is 5.00 e. The molecule has 0 saturated heterocycles. The number of aliphatic imine (C=N–C) groups is 1. The van der Waals surface area contributed by atoms with Crippen molar-refractivity contribution in [2.75, 3.05) is 6.54 Å². The second kappa shape index (κ2) is 20.0. The van der Waals surface area contributed by atoms with Crippen LogP contribution in [0.5, 0.6) is 5.75 Å². The standard InChI is InChI=1S/C12H17O.C6H5.C4H5N.3CH3.Ru/c1-8(2)10-5-11(9(3)4)7-12(13)6-10;1-2-4-6-5-3-1;1-2-4-5-3-1;;;;/h6-9,13H,1-4H3;1-5H;1-3H,4H2;3*1H3;/q2*-1;;3*-1;+5. The molecule has 3 rings (SSSR count). The molecule has 0 aliphatic carbocycles. The van der Waals surface area contributed by atoms with E-state index in [-0.39, 0.29) is 41.8 Å². The Balaban J connectivity index is -0.000000163. The van der Waals surface area contributed by atoms with Gasteiger partial charge in [-0.2, -0.15) is 53.6 Å². The molecule has 2 nitrogen and oxygen atoms in total. The van der Waals surface area contributed by atoms with Crippen molar-refractivity contribution in [2.24, 2.45) is 4.99 Å². The summed E-state index contributed by atoms with van der Waals surface area (Å²) in [5.41, 5.74) is 2.17. The predicted octanol–water partition coefficient (Wildman–Crippen LogP) is 6.90. The molecule has 1 N–H and O–H groups in total. The van der Waals surface area contributed by atoms with Gasteiger partial charge < -0.3 is 27.4 Å². The summed E-state index contributed by atoms with van der Waals surface area (Å²) >= 11 is 0. The van der Waals surface area contributed by atoms with Crippen LogP contribution in [0.3, 0.4) is 0 Å². The van der Waals surface area contributed by atoms with Crippen molar-refractivity contribution < 1.29 is 24.6 Å². The summed E-state index contributed by atoms with van der Waals surface area (Å²) in [5.74, 6) is 1.19. The third-order valence-electron chi connectivity index (χ3n) is 3.28. The van der Waals surface area contributed by atoms with Crippen LogP contribution in [-0.2, 0) is 19.5 Å². The zero-order chi connectivity index (χ0) is 17.8. The molecule has 1 heterocycles. The molecule has 155 valence electrons. The first-order chi connectivity index (χ1) is 11.5. The fourth-order valence-corrected chi connectivity index (χ4v) is 1.87. The number of hydrogen-bond donors (Lipinski definition) is 1. The van der Waals surface area contributed by atoms with E-state index >= 15 is 0 Å². The predicted molar refractivity (Wildman–Crippen MR) is 122 cm³/mol. The zero-order valence-electron chi connectivity index (χ0n) is 18.4. The SMILES string of the molecule is C1=CCN=C1.CC(C)c1[c-]c(C(C)C)cc(O)c1.[CH3-].[CH3-].[CH3-].[Ru+5].[c-]1ccccc1. The third-order valence-corrected chi connectivity index (χ3v) is 3.28. The molecule has 3 heteroatoms. The van der Waals surface area contributed by atoms with Crippen molar-refractivity contribution in [1.82, 2.24) is 0 Å². The zero-order valence-corrected chi connectivity index (χ0v) is 20.1. The van der Waals surface area contributed by atoms with E-state index in [0.717, 1.165) is 17.7 Å². The van der Waals surface area contributed by atoms with Crippen molar-refractivity contribution in [3.05, 3.63) is 100 Å². The molecular weight excluding hydrogens is 431 g/mol. The number of benzene rings is 2. The second-order valence-corrected chi connectivity index (χ2v) is 6.08. The minimum absolute atomic E-state index is 0. The normalized spacial score (nSPS) is 10.1. The van der Waals surface area contributed by atoms with Gasteiger partial charge in [-0.05, 0) is 17.9 Å². The maximum atomic E-state index is 9.47. The third kappa shape index (κ3) is 15.3. The van der Waals surface area contributed by atoms with Crippen LogP contribution in [0.4, 0.5) is 0 Å². The van der Waals surface area contributed by atoms with Crippen molar-refractivity contribution >= 4 is 6.21 Å². The molecule has 0 unspecified atom stereocenters. The van der Waals surface area contributed by atoms with Crippen molar-refractivity contribution in [1.29, 1.82) is 0 Å². The van der Waals surface area contributed by atoms with Crippen LogP contribution in [0.15, 0.2) is 59.6 Å². The topological polar surface area (TPSA) is 32.6 Å². The van der Waals surface area contributed by atoms with Gasteiger partial charge in [0.2, 0.25) is 0 Å². The summed E-state index contributed by atoms with van der Waals surface area (Å²) in [6.45, 7) is 9.32. The minimum atomic E-state index is 0. The first-order valence-electron chi connectivity index (χ1n) is 8.33. The van der Waals surface area contributed by atoms with Gasteiger partial charge in [0, 0.05) is 12.0 Å². The number of nitrogens with zero attached hydrogens (tertiary/aromatic N) is 1. The van der Waals surface area contributed by atoms with E-state index in [0.29, 0.717) is 17.6 Å². The molecule has 0 spiro atoms. The van der Waals surface area contributed by atoms with E-state index in [1.165, 1.54) is 0 Å². The van der Waals surface area contributed by atoms with Gasteiger partial charge in [-0.1, -0.05) is 33.8 Å².